The van der Waals surface area contributed by atoms with E-state index in [0.29, 0.717) is 0 Å². The van der Waals surface area contributed by atoms with Gasteiger partial charge in [0.2, 0.25) is 0 Å². The quantitative estimate of drug-likeness (QED) is 0.420. The Bertz CT molecular complexity index is 947. The molecule has 0 saturated carbocycles. The van der Waals surface area contributed by atoms with Gasteiger partial charge < -0.3 is 0 Å². The van der Waals surface area contributed by atoms with Crippen molar-refractivity contribution in [2.75, 3.05) is 0 Å². The second kappa shape index (κ2) is 6.05. The third-order valence-corrected chi connectivity index (χ3v) is 5.24. The van der Waals surface area contributed by atoms with Crippen LogP contribution in [-0.2, 0) is 12.8 Å². The normalized spacial score (nSPS) is 11.2. The van der Waals surface area contributed by atoms with E-state index in [2.05, 4.69) is 30.4 Å². The van der Waals surface area contributed by atoms with Gasteiger partial charge in [-0.2, -0.15) is 5.10 Å². The number of fused-ring (bicyclic) bond motifs is 1. The molecular formula is C15H12N6S2. The van der Waals surface area contributed by atoms with Crippen molar-refractivity contribution in [3.05, 3.63) is 48.0 Å². The lowest BCUT2D eigenvalue weighted by atomic mass is 10.4. The Morgan fingerprint density at radius 2 is 2.17 bits per heavy atom. The lowest BCUT2D eigenvalue weighted by Gasteiger charge is -2.00. The fourth-order valence-electron chi connectivity index (χ4n) is 2.18. The van der Waals surface area contributed by atoms with Crippen molar-refractivity contribution in [1.29, 1.82) is 0 Å². The van der Waals surface area contributed by atoms with Gasteiger partial charge in [-0.25, -0.2) is 15.0 Å². The molecule has 0 fully saturated rings. The highest BCUT2D eigenvalue weighted by molar-refractivity contribution is 7.98. The maximum Gasteiger partial charge on any atom is 0.162 e. The SMILES string of the molecule is Cn1ncc2c(SCc3csc(-c4ccccn4)n3)ncnc21. The summed E-state index contributed by atoms with van der Waals surface area (Å²) in [5.41, 5.74) is 2.77. The molecule has 0 unspecified atom stereocenters. The number of thioether (sulfide) groups is 1. The molecular weight excluding hydrogens is 328 g/mol. The van der Waals surface area contributed by atoms with Crippen LogP contribution in [0.5, 0.6) is 0 Å². The molecule has 0 aliphatic heterocycles. The van der Waals surface area contributed by atoms with Gasteiger partial charge in [0, 0.05) is 24.4 Å². The average molecular weight is 340 g/mol. The molecule has 4 heterocycles. The van der Waals surface area contributed by atoms with Gasteiger partial charge in [0.05, 0.1) is 23.0 Å². The number of aromatic nitrogens is 6. The minimum absolute atomic E-state index is 0.754. The van der Waals surface area contributed by atoms with Crippen LogP contribution in [0.15, 0.2) is 47.3 Å². The zero-order valence-corrected chi connectivity index (χ0v) is 13.9. The molecule has 0 atom stereocenters. The van der Waals surface area contributed by atoms with E-state index >= 15 is 0 Å². The molecule has 23 heavy (non-hydrogen) atoms. The van der Waals surface area contributed by atoms with E-state index in [1.165, 1.54) is 0 Å². The van der Waals surface area contributed by atoms with Crippen molar-refractivity contribution >= 4 is 34.1 Å². The molecule has 4 rings (SSSR count). The van der Waals surface area contributed by atoms with E-state index in [1.807, 2.05) is 25.2 Å². The lowest BCUT2D eigenvalue weighted by molar-refractivity contribution is 0.784. The molecule has 114 valence electrons. The lowest BCUT2D eigenvalue weighted by Crippen LogP contribution is -1.93. The van der Waals surface area contributed by atoms with Crippen LogP contribution in [0, 0.1) is 0 Å². The molecule has 8 heteroatoms. The standard InChI is InChI=1S/C15H12N6S2/c1-21-13-11(6-19-21)14(18-9-17-13)22-7-10-8-23-15(20-10)12-4-2-3-5-16-12/h2-6,8-9H,7H2,1H3. The molecule has 0 aliphatic rings. The Morgan fingerprint density at radius 3 is 3.04 bits per heavy atom. The van der Waals surface area contributed by atoms with Crippen LogP contribution in [-0.4, -0.2) is 29.7 Å². The third kappa shape index (κ3) is 2.82. The highest BCUT2D eigenvalue weighted by Crippen LogP contribution is 2.29. The summed E-state index contributed by atoms with van der Waals surface area (Å²) in [6, 6.07) is 5.85. The van der Waals surface area contributed by atoms with Gasteiger partial charge in [0.1, 0.15) is 16.4 Å². The van der Waals surface area contributed by atoms with Crippen LogP contribution in [0.25, 0.3) is 21.7 Å². The van der Waals surface area contributed by atoms with Crippen molar-refractivity contribution in [3.8, 4) is 10.7 Å². The van der Waals surface area contributed by atoms with E-state index in [9.17, 15) is 0 Å². The van der Waals surface area contributed by atoms with E-state index in [-0.39, 0.29) is 0 Å². The Kier molecular flexibility index (Phi) is 3.76. The summed E-state index contributed by atoms with van der Waals surface area (Å²) in [5.74, 6) is 0.754. The fourth-order valence-corrected chi connectivity index (χ4v) is 3.93. The van der Waals surface area contributed by atoms with Gasteiger partial charge in [-0.1, -0.05) is 17.8 Å². The number of hydrogen-bond donors (Lipinski definition) is 0. The summed E-state index contributed by atoms with van der Waals surface area (Å²) in [5, 5.41) is 9.14. The number of rotatable bonds is 4. The summed E-state index contributed by atoms with van der Waals surface area (Å²) in [6.07, 6.45) is 5.16. The molecule has 0 N–H and O–H groups in total. The first-order valence-corrected chi connectivity index (χ1v) is 8.79. The number of aryl methyl sites for hydroxylation is 1. The fraction of sp³-hybridized carbons (Fsp3) is 0.133. The highest BCUT2D eigenvalue weighted by Gasteiger charge is 2.10. The summed E-state index contributed by atoms with van der Waals surface area (Å²) in [6.45, 7) is 0. The summed E-state index contributed by atoms with van der Waals surface area (Å²) >= 11 is 3.25. The summed E-state index contributed by atoms with van der Waals surface area (Å²) in [7, 11) is 1.88. The number of nitrogens with zero attached hydrogens (tertiary/aromatic N) is 6. The van der Waals surface area contributed by atoms with Crippen molar-refractivity contribution in [3.63, 3.8) is 0 Å². The Morgan fingerprint density at radius 1 is 1.22 bits per heavy atom. The van der Waals surface area contributed by atoms with Crippen LogP contribution >= 0.6 is 23.1 Å². The van der Waals surface area contributed by atoms with Gasteiger partial charge in [-0.15, -0.1) is 11.3 Å². The van der Waals surface area contributed by atoms with Gasteiger partial charge in [0.25, 0.3) is 0 Å². The Balaban J connectivity index is 1.54. The zero-order chi connectivity index (χ0) is 15.6. The number of thiazole rings is 1. The predicted octanol–water partition coefficient (Wildman–Crippen LogP) is 3.17. The van der Waals surface area contributed by atoms with Crippen LogP contribution in [0.3, 0.4) is 0 Å². The number of hydrogen-bond acceptors (Lipinski definition) is 7. The largest absolute Gasteiger partial charge is 0.254 e. The maximum absolute atomic E-state index is 4.65. The Labute approximate surface area is 140 Å². The van der Waals surface area contributed by atoms with E-state index < -0.39 is 0 Å². The molecule has 0 aliphatic carbocycles. The molecule has 0 spiro atoms. The molecule has 0 saturated heterocycles. The maximum atomic E-state index is 4.65. The average Bonchev–Trinajstić information content (AvgIpc) is 3.22. The third-order valence-electron chi connectivity index (χ3n) is 3.29. The molecule has 0 radical (unpaired) electrons. The number of pyridine rings is 1. The second-order valence-electron chi connectivity index (χ2n) is 4.83. The summed E-state index contributed by atoms with van der Waals surface area (Å²) in [4.78, 5) is 17.6. The van der Waals surface area contributed by atoms with E-state index in [1.54, 1.807) is 46.5 Å². The second-order valence-corrected chi connectivity index (χ2v) is 6.65. The first-order chi connectivity index (χ1) is 11.3. The molecule has 0 amide bonds. The van der Waals surface area contributed by atoms with Crippen LogP contribution < -0.4 is 0 Å². The monoisotopic (exact) mass is 340 g/mol. The van der Waals surface area contributed by atoms with Crippen molar-refractivity contribution < 1.29 is 0 Å². The van der Waals surface area contributed by atoms with Crippen molar-refractivity contribution in [1.82, 2.24) is 29.7 Å². The molecule has 0 aromatic carbocycles. The molecule has 4 aromatic heterocycles. The van der Waals surface area contributed by atoms with Crippen LogP contribution in [0.4, 0.5) is 0 Å². The highest BCUT2D eigenvalue weighted by atomic mass is 32.2. The first-order valence-electron chi connectivity index (χ1n) is 6.92. The minimum Gasteiger partial charge on any atom is -0.254 e. The Hall–Kier alpha value is -2.32. The minimum atomic E-state index is 0.754. The smallest absolute Gasteiger partial charge is 0.162 e. The van der Waals surface area contributed by atoms with Gasteiger partial charge >= 0.3 is 0 Å². The molecule has 4 aromatic rings. The summed E-state index contributed by atoms with van der Waals surface area (Å²) < 4.78 is 1.75. The molecule has 0 bridgehead atoms. The van der Waals surface area contributed by atoms with Crippen molar-refractivity contribution in [2.45, 2.75) is 10.8 Å². The van der Waals surface area contributed by atoms with Crippen molar-refractivity contribution in [2.24, 2.45) is 7.05 Å². The van der Waals surface area contributed by atoms with Gasteiger partial charge in [-0.05, 0) is 12.1 Å². The van der Waals surface area contributed by atoms with Gasteiger partial charge in [0.15, 0.2) is 5.65 Å². The van der Waals surface area contributed by atoms with Crippen LogP contribution in [0.2, 0.25) is 0 Å². The zero-order valence-electron chi connectivity index (χ0n) is 12.2. The first kappa shape index (κ1) is 14.3. The van der Waals surface area contributed by atoms with E-state index in [4.69, 9.17) is 0 Å². The van der Waals surface area contributed by atoms with Crippen LogP contribution in [0.1, 0.15) is 5.69 Å². The topological polar surface area (TPSA) is 69.4 Å². The van der Waals surface area contributed by atoms with Gasteiger partial charge in [-0.3, -0.25) is 9.67 Å². The van der Waals surface area contributed by atoms with E-state index in [0.717, 1.165) is 38.2 Å². The predicted molar refractivity (Wildman–Crippen MR) is 91.2 cm³/mol. The molecule has 6 nitrogen and oxygen atoms in total.